The molecule has 6 heteroatoms. The Morgan fingerprint density at radius 1 is 1.19 bits per heavy atom. The number of carbonyl (C=O) groups is 1. The lowest BCUT2D eigenvalue weighted by atomic mass is 10.1. The average molecular weight is 382 g/mol. The number of aromatic nitrogens is 2. The van der Waals surface area contributed by atoms with E-state index in [1.165, 1.54) is 17.3 Å². The highest BCUT2D eigenvalue weighted by molar-refractivity contribution is 7.99. The summed E-state index contributed by atoms with van der Waals surface area (Å²) in [6.45, 7) is 6.63. The Kier molecular flexibility index (Phi) is 6.19. The smallest absolute Gasteiger partial charge is 0.234 e. The van der Waals surface area contributed by atoms with Crippen molar-refractivity contribution in [2.45, 2.75) is 25.9 Å². The van der Waals surface area contributed by atoms with Crippen LogP contribution in [0.25, 0.3) is 5.69 Å². The Balaban J connectivity index is 1.63. The number of thioether (sulfide) groups is 1. The summed E-state index contributed by atoms with van der Waals surface area (Å²) < 4.78 is 7.44. The Bertz CT molecular complexity index is 919. The van der Waals surface area contributed by atoms with Crippen molar-refractivity contribution in [3.8, 4) is 11.4 Å². The molecule has 1 heterocycles. The Morgan fingerprint density at radius 2 is 1.96 bits per heavy atom. The van der Waals surface area contributed by atoms with Crippen LogP contribution in [-0.4, -0.2) is 27.8 Å². The zero-order chi connectivity index (χ0) is 19.2. The molecule has 0 aliphatic heterocycles. The lowest BCUT2D eigenvalue weighted by Crippen LogP contribution is -2.15. The number of nitrogens with one attached hydrogen (secondary N) is 1. The summed E-state index contributed by atoms with van der Waals surface area (Å²) in [5, 5.41) is 3.74. The monoisotopic (exact) mass is 381 g/mol. The zero-order valence-corrected chi connectivity index (χ0v) is 16.5. The number of rotatable bonds is 7. The summed E-state index contributed by atoms with van der Waals surface area (Å²) >= 11 is 1.41. The molecule has 0 saturated carbocycles. The second-order valence-corrected chi connectivity index (χ2v) is 7.10. The summed E-state index contributed by atoms with van der Waals surface area (Å²) in [5.74, 6) is 1.08. The molecule has 0 unspecified atom stereocenters. The van der Waals surface area contributed by atoms with Gasteiger partial charge < -0.3 is 10.1 Å². The van der Waals surface area contributed by atoms with Crippen LogP contribution in [0.2, 0.25) is 0 Å². The van der Waals surface area contributed by atoms with Crippen molar-refractivity contribution in [3.63, 3.8) is 0 Å². The number of nitrogens with zero attached hydrogens (tertiary/aromatic N) is 2. The quantitative estimate of drug-likeness (QED) is 0.607. The standard InChI is InChI=1S/C21H23N3O2S/c1-4-26-18-8-6-17(7-9-18)24-12-11-22-21(24)27-14-20(25)23-19-10-5-15(2)13-16(19)3/h5-13H,4,14H2,1-3H3,(H,23,25). The van der Waals surface area contributed by atoms with Crippen molar-refractivity contribution >= 4 is 23.4 Å². The van der Waals surface area contributed by atoms with E-state index in [2.05, 4.69) is 16.4 Å². The van der Waals surface area contributed by atoms with Crippen molar-refractivity contribution in [3.05, 3.63) is 66.0 Å². The zero-order valence-electron chi connectivity index (χ0n) is 15.7. The number of anilines is 1. The van der Waals surface area contributed by atoms with E-state index < -0.39 is 0 Å². The lowest BCUT2D eigenvalue weighted by Gasteiger charge is -2.10. The minimum atomic E-state index is -0.0480. The molecule has 3 rings (SSSR count). The van der Waals surface area contributed by atoms with Crippen molar-refractivity contribution < 1.29 is 9.53 Å². The van der Waals surface area contributed by atoms with Gasteiger partial charge in [-0.3, -0.25) is 9.36 Å². The molecular formula is C21H23N3O2S. The molecule has 27 heavy (non-hydrogen) atoms. The summed E-state index contributed by atoms with van der Waals surface area (Å²) in [6, 6.07) is 13.8. The van der Waals surface area contributed by atoms with Gasteiger partial charge in [-0.1, -0.05) is 29.5 Å². The molecule has 140 valence electrons. The van der Waals surface area contributed by atoms with E-state index in [0.29, 0.717) is 12.4 Å². The number of ether oxygens (including phenoxy) is 1. The topological polar surface area (TPSA) is 56.2 Å². The molecule has 5 nitrogen and oxygen atoms in total. The first-order chi connectivity index (χ1) is 13.1. The van der Waals surface area contributed by atoms with Crippen LogP contribution in [0.1, 0.15) is 18.1 Å². The van der Waals surface area contributed by atoms with Gasteiger partial charge in [0.05, 0.1) is 12.4 Å². The van der Waals surface area contributed by atoms with Gasteiger partial charge in [-0.05, 0) is 56.7 Å². The summed E-state index contributed by atoms with van der Waals surface area (Å²) in [5.41, 5.74) is 4.07. The second-order valence-electron chi connectivity index (χ2n) is 6.16. The maximum absolute atomic E-state index is 12.3. The van der Waals surface area contributed by atoms with Crippen LogP contribution in [0.15, 0.2) is 60.0 Å². The predicted molar refractivity (Wildman–Crippen MR) is 110 cm³/mol. The minimum Gasteiger partial charge on any atom is -0.494 e. The van der Waals surface area contributed by atoms with Crippen LogP contribution in [0.4, 0.5) is 5.69 Å². The van der Waals surface area contributed by atoms with E-state index in [-0.39, 0.29) is 5.91 Å². The molecule has 0 aliphatic carbocycles. The lowest BCUT2D eigenvalue weighted by molar-refractivity contribution is -0.113. The molecule has 3 aromatic rings. The number of aryl methyl sites for hydroxylation is 2. The normalized spacial score (nSPS) is 10.6. The maximum atomic E-state index is 12.3. The van der Waals surface area contributed by atoms with E-state index in [1.54, 1.807) is 6.20 Å². The molecule has 0 saturated heterocycles. The van der Waals surface area contributed by atoms with E-state index >= 15 is 0 Å². The highest BCUT2D eigenvalue weighted by Crippen LogP contribution is 2.23. The number of benzene rings is 2. The first-order valence-electron chi connectivity index (χ1n) is 8.83. The van der Waals surface area contributed by atoms with E-state index in [9.17, 15) is 4.79 Å². The molecule has 0 spiro atoms. The van der Waals surface area contributed by atoms with Gasteiger partial charge in [0, 0.05) is 23.8 Å². The first kappa shape index (κ1) is 19.0. The molecular weight excluding hydrogens is 358 g/mol. The van der Waals surface area contributed by atoms with Gasteiger partial charge in [0.15, 0.2) is 5.16 Å². The van der Waals surface area contributed by atoms with Crippen LogP contribution >= 0.6 is 11.8 Å². The number of hydrogen-bond donors (Lipinski definition) is 1. The van der Waals surface area contributed by atoms with Gasteiger partial charge in [0.2, 0.25) is 5.91 Å². The fourth-order valence-corrected chi connectivity index (χ4v) is 3.51. The fourth-order valence-electron chi connectivity index (χ4n) is 2.73. The van der Waals surface area contributed by atoms with Crippen LogP contribution in [0.5, 0.6) is 5.75 Å². The van der Waals surface area contributed by atoms with Crippen molar-refractivity contribution in [2.75, 3.05) is 17.7 Å². The SMILES string of the molecule is CCOc1ccc(-n2ccnc2SCC(=O)Nc2ccc(C)cc2C)cc1. The summed E-state index contributed by atoms with van der Waals surface area (Å²) in [6.07, 6.45) is 3.63. The third-order valence-electron chi connectivity index (χ3n) is 4.02. The van der Waals surface area contributed by atoms with Crippen molar-refractivity contribution in [2.24, 2.45) is 0 Å². The predicted octanol–water partition coefficient (Wildman–Crippen LogP) is 4.62. The molecule has 0 fully saturated rings. The first-order valence-corrected chi connectivity index (χ1v) is 9.82. The third-order valence-corrected chi connectivity index (χ3v) is 4.99. The number of carbonyl (C=O) groups excluding carboxylic acids is 1. The second kappa shape index (κ2) is 8.77. The number of hydrogen-bond acceptors (Lipinski definition) is 4. The Labute approximate surface area is 163 Å². The minimum absolute atomic E-state index is 0.0480. The van der Waals surface area contributed by atoms with Gasteiger partial charge in [0.25, 0.3) is 0 Å². The third kappa shape index (κ3) is 4.92. The molecule has 2 aromatic carbocycles. The molecule has 0 bridgehead atoms. The van der Waals surface area contributed by atoms with E-state index in [4.69, 9.17) is 4.74 Å². The van der Waals surface area contributed by atoms with Gasteiger partial charge in [0.1, 0.15) is 5.75 Å². The summed E-state index contributed by atoms with van der Waals surface area (Å²) in [4.78, 5) is 16.7. The molecule has 0 aliphatic rings. The van der Waals surface area contributed by atoms with Crippen LogP contribution in [-0.2, 0) is 4.79 Å². The van der Waals surface area contributed by atoms with Gasteiger partial charge >= 0.3 is 0 Å². The number of amides is 1. The molecule has 1 aromatic heterocycles. The summed E-state index contributed by atoms with van der Waals surface area (Å²) in [7, 11) is 0. The van der Waals surface area contributed by atoms with E-state index in [1.807, 2.05) is 67.9 Å². The van der Waals surface area contributed by atoms with Crippen LogP contribution < -0.4 is 10.1 Å². The highest BCUT2D eigenvalue weighted by atomic mass is 32.2. The highest BCUT2D eigenvalue weighted by Gasteiger charge is 2.10. The van der Waals surface area contributed by atoms with Gasteiger partial charge in [-0.15, -0.1) is 0 Å². The van der Waals surface area contributed by atoms with Gasteiger partial charge in [-0.2, -0.15) is 0 Å². The van der Waals surface area contributed by atoms with Crippen LogP contribution in [0, 0.1) is 13.8 Å². The fraction of sp³-hybridized carbons (Fsp3) is 0.238. The van der Waals surface area contributed by atoms with Gasteiger partial charge in [-0.25, -0.2) is 4.98 Å². The van der Waals surface area contributed by atoms with Crippen molar-refractivity contribution in [1.82, 2.24) is 9.55 Å². The number of imidazole rings is 1. The average Bonchev–Trinajstić information content (AvgIpc) is 3.12. The largest absolute Gasteiger partial charge is 0.494 e. The molecule has 0 atom stereocenters. The van der Waals surface area contributed by atoms with Crippen LogP contribution in [0.3, 0.4) is 0 Å². The molecule has 0 radical (unpaired) electrons. The molecule has 1 N–H and O–H groups in total. The van der Waals surface area contributed by atoms with E-state index in [0.717, 1.165) is 27.8 Å². The Morgan fingerprint density at radius 3 is 2.67 bits per heavy atom. The Hall–Kier alpha value is -2.73. The maximum Gasteiger partial charge on any atom is 0.234 e. The van der Waals surface area contributed by atoms with Crippen molar-refractivity contribution in [1.29, 1.82) is 0 Å². The molecule has 1 amide bonds.